The van der Waals surface area contributed by atoms with Gasteiger partial charge >= 0.3 is 0 Å². The number of piperidine rings is 1. The van der Waals surface area contributed by atoms with Gasteiger partial charge in [-0.05, 0) is 31.4 Å². The number of nitrogens with one attached hydrogen (secondary N) is 2. The summed E-state index contributed by atoms with van der Waals surface area (Å²) in [5, 5.41) is 4.90. The number of benzene rings is 1. The fourth-order valence-electron chi connectivity index (χ4n) is 5.41. The molecule has 2 N–H and O–H groups in total. The summed E-state index contributed by atoms with van der Waals surface area (Å²) < 4.78 is 60.4. The summed E-state index contributed by atoms with van der Waals surface area (Å²) in [5.74, 6) is -2.73. The Morgan fingerprint density at radius 3 is 1.58 bits per heavy atom. The molecular formula is C37H56FN3O14. The number of nitrogens with zero attached hydrogens (tertiary/aromatic N) is 1. The summed E-state index contributed by atoms with van der Waals surface area (Å²) in [6, 6.07) is 3.52. The fraction of sp³-hybridized carbons (Fsp3) is 0.703. The maximum absolute atomic E-state index is 13.2. The molecular weight excluding hydrogens is 729 g/mol. The third-order valence-electron chi connectivity index (χ3n) is 8.13. The number of rotatable bonds is 34. The molecule has 310 valence electrons. The van der Waals surface area contributed by atoms with Gasteiger partial charge in [0.05, 0.1) is 129 Å². The van der Waals surface area contributed by atoms with E-state index in [0.29, 0.717) is 119 Å². The number of hydrogen-bond donors (Lipinski definition) is 2. The van der Waals surface area contributed by atoms with Gasteiger partial charge < -0.3 is 47.9 Å². The van der Waals surface area contributed by atoms with Gasteiger partial charge in [0.1, 0.15) is 12.7 Å². The second-order valence-electron chi connectivity index (χ2n) is 12.2. The number of ether oxygens (including phenoxy) is 9. The molecule has 2 aliphatic rings. The van der Waals surface area contributed by atoms with Gasteiger partial charge in [0.25, 0.3) is 11.8 Å². The van der Waals surface area contributed by atoms with Crippen molar-refractivity contribution in [2.45, 2.75) is 44.6 Å². The van der Waals surface area contributed by atoms with Gasteiger partial charge in [-0.2, -0.15) is 0 Å². The lowest BCUT2D eigenvalue weighted by molar-refractivity contribution is -0.136. The summed E-state index contributed by atoms with van der Waals surface area (Å²) in [5.41, 5.74) is 0.374. The summed E-state index contributed by atoms with van der Waals surface area (Å²) in [4.78, 5) is 63.5. The molecule has 0 aliphatic carbocycles. The third-order valence-corrected chi connectivity index (χ3v) is 8.13. The molecule has 0 radical (unpaired) electrons. The monoisotopic (exact) mass is 785 g/mol. The van der Waals surface area contributed by atoms with E-state index in [9.17, 15) is 28.4 Å². The van der Waals surface area contributed by atoms with Crippen LogP contribution in [-0.2, 0) is 57.0 Å². The molecule has 1 unspecified atom stereocenters. The van der Waals surface area contributed by atoms with Crippen LogP contribution in [0.3, 0.4) is 0 Å². The van der Waals surface area contributed by atoms with Crippen molar-refractivity contribution in [3.05, 3.63) is 29.3 Å². The molecule has 17 nitrogen and oxygen atoms in total. The van der Waals surface area contributed by atoms with Crippen molar-refractivity contribution in [1.29, 1.82) is 0 Å². The van der Waals surface area contributed by atoms with E-state index in [2.05, 4.69) is 10.6 Å². The first kappa shape index (κ1) is 45.9. The van der Waals surface area contributed by atoms with E-state index in [0.717, 1.165) is 17.7 Å². The number of anilines is 1. The molecule has 1 fully saturated rings. The van der Waals surface area contributed by atoms with Crippen LogP contribution in [0.5, 0.6) is 0 Å². The smallest absolute Gasteiger partial charge is 0.264 e. The second-order valence-corrected chi connectivity index (χ2v) is 12.2. The molecule has 1 aromatic carbocycles. The average molecular weight is 786 g/mol. The van der Waals surface area contributed by atoms with E-state index in [4.69, 9.17) is 42.6 Å². The quantitative estimate of drug-likeness (QED) is 0.0757. The van der Waals surface area contributed by atoms with Crippen molar-refractivity contribution in [3.63, 3.8) is 0 Å². The zero-order chi connectivity index (χ0) is 39.4. The Bertz CT molecular complexity index is 1310. The number of carbonyl (C=O) groups excluding carboxylic acids is 5. The Morgan fingerprint density at radius 1 is 0.636 bits per heavy atom. The van der Waals surface area contributed by atoms with Crippen LogP contribution < -0.4 is 10.6 Å². The number of carbonyl (C=O) groups is 5. The first-order chi connectivity index (χ1) is 26.9. The van der Waals surface area contributed by atoms with E-state index < -0.39 is 36.3 Å². The van der Waals surface area contributed by atoms with Crippen LogP contribution in [0.25, 0.3) is 0 Å². The Morgan fingerprint density at radius 2 is 1.11 bits per heavy atom. The lowest BCUT2D eigenvalue weighted by Crippen LogP contribution is -2.54. The summed E-state index contributed by atoms with van der Waals surface area (Å²) in [6.07, 6.45) is 2.43. The first-order valence-corrected chi connectivity index (χ1v) is 18.8. The minimum absolute atomic E-state index is 0.0265. The van der Waals surface area contributed by atoms with Crippen molar-refractivity contribution >= 4 is 35.2 Å². The van der Waals surface area contributed by atoms with Gasteiger partial charge in [-0.15, -0.1) is 0 Å². The molecule has 5 amide bonds. The number of alkyl halides is 1. The van der Waals surface area contributed by atoms with Crippen molar-refractivity contribution in [2.75, 3.05) is 131 Å². The SMILES string of the molecule is O=C1CCC(N2C(=O)c3cccc(NC(=O)CCCCCOCCOCCOCCOCCOCCOCCOCCOCCOCCF)c3C2=O)C(=O)N1. The molecule has 55 heavy (non-hydrogen) atoms. The number of amides is 5. The van der Waals surface area contributed by atoms with Crippen LogP contribution in [0.15, 0.2) is 18.2 Å². The van der Waals surface area contributed by atoms with Crippen LogP contribution in [0.4, 0.5) is 10.1 Å². The van der Waals surface area contributed by atoms with Crippen LogP contribution >= 0.6 is 0 Å². The number of imide groups is 2. The lowest BCUT2D eigenvalue weighted by Gasteiger charge is -2.27. The molecule has 0 saturated carbocycles. The Labute approximate surface area is 321 Å². The molecule has 0 aromatic heterocycles. The Hall–Kier alpha value is -3.46. The van der Waals surface area contributed by atoms with Crippen LogP contribution in [0.1, 0.15) is 59.2 Å². The van der Waals surface area contributed by atoms with Gasteiger partial charge in [-0.25, -0.2) is 4.39 Å². The maximum Gasteiger partial charge on any atom is 0.264 e. The van der Waals surface area contributed by atoms with Gasteiger partial charge in [-0.3, -0.25) is 34.2 Å². The fourth-order valence-corrected chi connectivity index (χ4v) is 5.41. The van der Waals surface area contributed by atoms with Gasteiger partial charge in [-0.1, -0.05) is 12.5 Å². The van der Waals surface area contributed by atoms with Crippen LogP contribution in [-0.4, -0.2) is 166 Å². The molecule has 0 bridgehead atoms. The summed E-state index contributed by atoms with van der Waals surface area (Å²) >= 11 is 0. The minimum atomic E-state index is -1.07. The number of unbranched alkanes of at least 4 members (excludes halogenated alkanes) is 2. The van der Waals surface area contributed by atoms with Gasteiger partial charge in [0.15, 0.2) is 0 Å². The normalized spacial score (nSPS) is 15.5. The predicted molar refractivity (Wildman–Crippen MR) is 194 cm³/mol. The third kappa shape index (κ3) is 18.4. The molecule has 2 heterocycles. The average Bonchev–Trinajstić information content (AvgIpc) is 3.43. The molecule has 18 heteroatoms. The van der Waals surface area contributed by atoms with Crippen LogP contribution in [0, 0.1) is 0 Å². The predicted octanol–water partition coefficient (Wildman–Crippen LogP) is 1.71. The summed E-state index contributed by atoms with van der Waals surface area (Å²) in [7, 11) is 0. The Balaban J connectivity index is 1.04. The zero-order valence-electron chi connectivity index (χ0n) is 31.5. The summed E-state index contributed by atoms with van der Waals surface area (Å²) in [6.45, 7) is 7.30. The topological polar surface area (TPSA) is 196 Å². The minimum Gasteiger partial charge on any atom is -0.379 e. The van der Waals surface area contributed by atoms with E-state index in [1.165, 1.54) is 6.07 Å². The molecule has 0 spiro atoms. The maximum atomic E-state index is 13.2. The highest BCUT2D eigenvalue weighted by Crippen LogP contribution is 2.32. The van der Waals surface area contributed by atoms with Crippen molar-refractivity contribution in [3.8, 4) is 0 Å². The number of halogens is 1. The molecule has 3 rings (SSSR count). The zero-order valence-corrected chi connectivity index (χ0v) is 31.5. The molecule has 1 atom stereocenters. The number of hydrogen-bond acceptors (Lipinski definition) is 14. The van der Waals surface area contributed by atoms with Gasteiger partial charge in [0.2, 0.25) is 17.7 Å². The van der Waals surface area contributed by atoms with Gasteiger partial charge in [0, 0.05) is 19.4 Å². The van der Waals surface area contributed by atoms with Crippen molar-refractivity contribution in [2.24, 2.45) is 0 Å². The van der Waals surface area contributed by atoms with E-state index in [1.54, 1.807) is 12.1 Å². The molecule has 2 aliphatic heterocycles. The van der Waals surface area contributed by atoms with E-state index >= 15 is 0 Å². The lowest BCUT2D eigenvalue weighted by atomic mass is 10.0. The van der Waals surface area contributed by atoms with Crippen molar-refractivity contribution < 1.29 is 71.0 Å². The highest BCUT2D eigenvalue weighted by atomic mass is 19.1. The molecule has 1 aromatic rings. The number of fused-ring (bicyclic) bond motifs is 1. The largest absolute Gasteiger partial charge is 0.379 e. The highest BCUT2D eigenvalue weighted by Gasteiger charge is 2.45. The van der Waals surface area contributed by atoms with E-state index in [1.807, 2.05) is 0 Å². The molecule has 1 saturated heterocycles. The second kappa shape index (κ2) is 28.9. The highest BCUT2D eigenvalue weighted by molar-refractivity contribution is 6.26. The Kier molecular flexibility index (Phi) is 24.1. The van der Waals surface area contributed by atoms with E-state index in [-0.39, 0.29) is 48.6 Å². The van der Waals surface area contributed by atoms with Crippen LogP contribution in [0.2, 0.25) is 0 Å². The standard InChI is InChI=1S/C37H56FN3O14/c38-10-12-48-14-16-50-18-20-52-22-24-54-26-28-55-27-25-53-23-21-51-19-17-49-15-13-47-11-3-1-2-7-32(42)39-30-6-4-5-29-34(30)37(46)41(36(29)45)31-8-9-33(43)40-35(31)44/h4-6,31H,1-3,7-28H2,(H,39,42)(H,40,43,44). The first-order valence-electron chi connectivity index (χ1n) is 18.8. The van der Waals surface area contributed by atoms with Crippen molar-refractivity contribution in [1.82, 2.24) is 10.2 Å².